The maximum atomic E-state index is 12.0. The highest BCUT2D eigenvalue weighted by Crippen LogP contribution is 2.20. The second kappa shape index (κ2) is 6.04. The minimum absolute atomic E-state index is 0.0454. The number of nitrogens with zero attached hydrogens (tertiary/aromatic N) is 2. The number of hydrogen-bond acceptors (Lipinski definition) is 4. The van der Waals surface area contributed by atoms with Gasteiger partial charge in [-0.05, 0) is 32.9 Å². The van der Waals surface area contributed by atoms with E-state index in [0.29, 0.717) is 24.5 Å². The molecule has 0 unspecified atom stereocenters. The van der Waals surface area contributed by atoms with Crippen molar-refractivity contribution in [2.24, 2.45) is 0 Å². The van der Waals surface area contributed by atoms with Crippen molar-refractivity contribution in [1.82, 2.24) is 9.88 Å². The van der Waals surface area contributed by atoms with Crippen LogP contribution in [0.15, 0.2) is 18.3 Å². The number of terminal acetylenes is 1. The summed E-state index contributed by atoms with van der Waals surface area (Å²) in [5, 5.41) is 0. The number of carbonyl (C=O) groups excluding carboxylic acids is 1. The average molecular weight is 288 g/mol. The Morgan fingerprint density at radius 1 is 1.48 bits per heavy atom. The highest BCUT2D eigenvalue weighted by Gasteiger charge is 2.30. The minimum atomic E-state index is -0.481. The van der Waals surface area contributed by atoms with Gasteiger partial charge in [-0.1, -0.05) is 5.92 Å². The first-order chi connectivity index (χ1) is 9.87. The predicted molar refractivity (Wildman–Crippen MR) is 79.0 cm³/mol. The van der Waals surface area contributed by atoms with Gasteiger partial charge in [-0.2, -0.15) is 0 Å². The molecule has 1 aliphatic heterocycles. The van der Waals surface area contributed by atoms with E-state index in [1.807, 2.05) is 20.8 Å². The third kappa shape index (κ3) is 4.38. The van der Waals surface area contributed by atoms with Crippen molar-refractivity contribution in [2.75, 3.05) is 13.1 Å². The molecule has 1 atom stereocenters. The summed E-state index contributed by atoms with van der Waals surface area (Å²) < 4.78 is 11.2. The second-order valence-electron chi connectivity index (χ2n) is 5.98. The van der Waals surface area contributed by atoms with Crippen LogP contribution >= 0.6 is 0 Å². The Balaban J connectivity index is 1.87. The van der Waals surface area contributed by atoms with Gasteiger partial charge in [-0.25, -0.2) is 9.78 Å². The Morgan fingerprint density at radius 3 is 2.81 bits per heavy atom. The summed E-state index contributed by atoms with van der Waals surface area (Å²) >= 11 is 0. The molecular formula is C16H20N2O3. The van der Waals surface area contributed by atoms with E-state index in [0.717, 1.165) is 6.42 Å². The third-order valence-electron chi connectivity index (χ3n) is 2.98. The fourth-order valence-corrected chi connectivity index (χ4v) is 2.04. The van der Waals surface area contributed by atoms with Crippen LogP contribution in [0.25, 0.3) is 0 Å². The zero-order valence-electron chi connectivity index (χ0n) is 12.6. The molecule has 0 spiro atoms. The Morgan fingerprint density at radius 2 is 2.24 bits per heavy atom. The van der Waals surface area contributed by atoms with Crippen LogP contribution in [0.3, 0.4) is 0 Å². The van der Waals surface area contributed by atoms with Gasteiger partial charge in [0.2, 0.25) is 0 Å². The first-order valence-electron chi connectivity index (χ1n) is 6.94. The van der Waals surface area contributed by atoms with Crippen molar-refractivity contribution in [3.8, 4) is 18.1 Å². The Kier molecular flexibility index (Phi) is 4.37. The Hall–Kier alpha value is -2.22. The lowest BCUT2D eigenvalue weighted by Crippen LogP contribution is -2.36. The lowest BCUT2D eigenvalue weighted by molar-refractivity contribution is 0.0275. The van der Waals surface area contributed by atoms with Crippen molar-refractivity contribution in [3.63, 3.8) is 0 Å². The topological polar surface area (TPSA) is 51.7 Å². The van der Waals surface area contributed by atoms with Crippen LogP contribution in [0.2, 0.25) is 0 Å². The van der Waals surface area contributed by atoms with E-state index < -0.39 is 5.60 Å². The van der Waals surface area contributed by atoms with Crippen LogP contribution in [0.5, 0.6) is 5.75 Å². The number of ether oxygens (including phenoxy) is 2. The SMILES string of the molecule is C#Cc1ccc(O[C@@H]2CCN(C(=O)OC(C)(C)C)C2)cn1. The molecule has 1 fully saturated rings. The number of pyridine rings is 1. The summed E-state index contributed by atoms with van der Waals surface area (Å²) in [5.41, 5.74) is 0.0921. The number of hydrogen-bond donors (Lipinski definition) is 0. The summed E-state index contributed by atoms with van der Waals surface area (Å²) in [6.45, 7) is 6.72. The molecule has 0 aromatic carbocycles. The van der Waals surface area contributed by atoms with E-state index in [9.17, 15) is 4.79 Å². The maximum absolute atomic E-state index is 12.0. The van der Waals surface area contributed by atoms with Crippen LogP contribution in [-0.2, 0) is 4.74 Å². The first kappa shape index (κ1) is 15.2. The number of likely N-dealkylation sites (tertiary alicyclic amines) is 1. The number of amides is 1. The molecule has 0 saturated carbocycles. The molecular weight excluding hydrogens is 268 g/mol. The van der Waals surface area contributed by atoms with Gasteiger partial charge in [-0.3, -0.25) is 0 Å². The zero-order valence-corrected chi connectivity index (χ0v) is 12.6. The number of carbonyl (C=O) groups is 1. The van der Waals surface area contributed by atoms with Crippen LogP contribution in [0.1, 0.15) is 32.9 Å². The molecule has 2 rings (SSSR count). The van der Waals surface area contributed by atoms with E-state index >= 15 is 0 Å². The molecule has 1 aliphatic rings. The highest BCUT2D eigenvalue weighted by molar-refractivity contribution is 5.68. The van der Waals surface area contributed by atoms with Crippen LogP contribution in [0.4, 0.5) is 4.79 Å². The fraction of sp³-hybridized carbons (Fsp3) is 0.500. The molecule has 2 heterocycles. The zero-order chi connectivity index (χ0) is 15.5. The van der Waals surface area contributed by atoms with E-state index in [4.69, 9.17) is 15.9 Å². The first-order valence-corrected chi connectivity index (χ1v) is 6.94. The van der Waals surface area contributed by atoms with Crippen LogP contribution in [0, 0.1) is 12.3 Å². The summed E-state index contributed by atoms with van der Waals surface area (Å²) in [5.74, 6) is 3.11. The van der Waals surface area contributed by atoms with Gasteiger partial charge in [0, 0.05) is 13.0 Å². The molecule has 1 saturated heterocycles. The predicted octanol–water partition coefficient (Wildman–Crippen LogP) is 2.45. The van der Waals surface area contributed by atoms with Gasteiger partial charge < -0.3 is 14.4 Å². The molecule has 112 valence electrons. The second-order valence-corrected chi connectivity index (χ2v) is 5.98. The summed E-state index contributed by atoms with van der Waals surface area (Å²) in [7, 11) is 0. The van der Waals surface area contributed by atoms with Gasteiger partial charge in [0.05, 0.1) is 12.7 Å². The van der Waals surface area contributed by atoms with E-state index in [1.165, 1.54) is 0 Å². The standard InChI is InChI=1S/C16H20N2O3/c1-5-12-6-7-13(10-17-12)20-14-8-9-18(11-14)15(19)21-16(2,3)4/h1,6-7,10,14H,8-9,11H2,2-4H3/t14-/m1/s1. The highest BCUT2D eigenvalue weighted by atomic mass is 16.6. The molecule has 5 heteroatoms. The van der Waals surface area contributed by atoms with Gasteiger partial charge in [-0.15, -0.1) is 6.42 Å². The number of aromatic nitrogens is 1. The largest absolute Gasteiger partial charge is 0.487 e. The molecule has 1 amide bonds. The molecule has 5 nitrogen and oxygen atoms in total. The van der Waals surface area contributed by atoms with Crippen molar-refractivity contribution in [1.29, 1.82) is 0 Å². The summed E-state index contributed by atoms with van der Waals surface area (Å²) in [6.07, 6.45) is 7.29. The van der Waals surface area contributed by atoms with Gasteiger partial charge in [0.15, 0.2) is 0 Å². The number of rotatable bonds is 2. The van der Waals surface area contributed by atoms with Crippen molar-refractivity contribution in [2.45, 2.75) is 38.9 Å². The lowest BCUT2D eigenvalue weighted by atomic mass is 10.2. The van der Waals surface area contributed by atoms with Crippen molar-refractivity contribution < 1.29 is 14.3 Å². The van der Waals surface area contributed by atoms with E-state index in [2.05, 4.69) is 10.9 Å². The lowest BCUT2D eigenvalue weighted by Gasteiger charge is -2.24. The summed E-state index contributed by atoms with van der Waals surface area (Å²) in [6, 6.07) is 3.52. The average Bonchev–Trinajstić information content (AvgIpc) is 2.86. The van der Waals surface area contributed by atoms with Crippen molar-refractivity contribution in [3.05, 3.63) is 24.0 Å². The van der Waals surface area contributed by atoms with Gasteiger partial charge in [0.25, 0.3) is 0 Å². The van der Waals surface area contributed by atoms with Crippen LogP contribution < -0.4 is 4.74 Å². The maximum Gasteiger partial charge on any atom is 0.410 e. The molecule has 0 radical (unpaired) electrons. The van der Waals surface area contributed by atoms with Crippen molar-refractivity contribution >= 4 is 6.09 Å². The van der Waals surface area contributed by atoms with Gasteiger partial charge >= 0.3 is 6.09 Å². The Labute approximate surface area is 125 Å². The fourth-order valence-electron chi connectivity index (χ4n) is 2.04. The molecule has 1 aromatic rings. The molecule has 1 aromatic heterocycles. The normalized spacial score (nSPS) is 18.2. The quantitative estimate of drug-likeness (QED) is 0.784. The molecule has 0 N–H and O–H groups in total. The van der Waals surface area contributed by atoms with Crippen LogP contribution in [-0.4, -0.2) is 40.8 Å². The summed E-state index contributed by atoms with van der Waals surface area (Å²) in [4.78, 5) is 17.7. The smallest absolute Gasteiger partial charge is 0.410 e. The molecule has 21 heavy (non-hydrogen) atoms. The minimum Gasteiger partial charge on any atom is -0.487 e. The van der Waals surface area contributed by atoms with E-state index in [-0.39, 0.29) is 12.2 Å². The molecule has 0 bridgehead atoms. The Bertz CT molecular complexity index is 540. The molecule has 0 aliphatic carbocycles. The monoisotopic (exact) mass is 288 g/mol. The van der Waals surface area contributed by atoms with Gasteiger partial charge in [0.1, 0.15) is 23.1 Å². The third-order valence-corrected chi connectivity index (χ3v) is 2.98. The van der Waals surface area contributed by atoms with E-state index in [1.54, 1.807) is 23.2 Å².